The van der Waals surface area contributed by atoms with Crippen molar-refractivity contribution in [2.75, 3.05) is 19.6 Å². The third kappa shape index (κ3) is 6.32. The first-order valence-electron chi connectivity index (χ1n) is 9.95. The van der Waals surface area contributed by atoms with E-state index in [0.717, 1.165) is 35.1 Å². The molecule has 1 aliphatic heterocycles. The van der Waals surface area contributed by atoms with Crippen molar-refractivity contribution in [1.82, 2.24) is 15.2 Å². The Hall–Kier alpha value is -2.35. The molecule has 0 bridgehead atoms. The van der Waals surface area contributed by atoms with Gasteiger partial charge in [-0.15, -0.1) is 11.3 Å². The molecule has 0 aromatic carbocycles. The summed E-state index contributed by atoms with van der Waals surface area (Å²) in [5.74, 6) is 2.04. The number of furan rings is 1. The van der Waals surface area contributed by atoms with Crippen molar-refractivity contribution < 1.29 is 18.7 Å². The van der Waals surface area contributed by atoms with Crippen LogP contribution in [0.1, 0.15) is 45.1 Å². The Morgan fingerprint density at radius 2 is 2.03 bits per heavy atom. The molecule has 0 aliphatic carbocycles. The number of carbonyl (C=O) groups excluding carboxylic acids is 2. The minimum Gasteiger partial charge on any atom is -0.459 e. The second kappa shape index (κ2) is 8.98. The standard InChI is InChI=1S/C21H29N3O4S/c1-14-5-6-17(27-14)19-23-16(13-29-19)11-18(25)24-9-7-15(8-10-24)12-22-20(26)28-21(2,3)4/h5-6,13,15H,7-12H2,1-4H3,(H,22,26). The number of aryl methyl sites for hydroxylation is 1. The van der Waals surface area contributed by atoms with Gasteiger partial charge in [0.15, 0.2) is 10.8 Å². The van der Waals surface area contributed by atoms with E-state index in [1.54, 1.807) is 0 Å². The van der Waals surface area contributed by atoms with Gasteiger partial charge in [-0.05, 0) is 58.6 Å². The van der Waals surface area contributed by atoms with Crippen LogP contribution in [0.3, 0.4) is 0 Å². The average molecular weight is 420 g/mol. The van der Waals surface area contributed by atoms with Crippen LogP contribution in [0.2, 0.25) is 0 Å². The van der Waals surface area contributed by atoms with E-state index in [9.17, 15) is 9.59 Å². The molecule has 1 fully saturated rings. The van der Waals surface area contributed by atoms with Crippen molar-refractivity contribution in [1.29, 1.82) is 0 Å². The first kappa shape index (κ1) is 21.4. The predicted octanol–water partition coefficient (Wildman–Crippen LogP) is 4.02. The highest BCUT2D eigenvalue weighted by atomic mass is 32.1. The lowest BCUT2D eigenvalue weighted by Crippen LogP contribution is -2.42. The first-order chi connectivity index (χ1) is 13.7. The molecular formula is C21H29N3O4S. The van der Waals surface area contributed by atoms with Crippen molar-refractivity contribution in [3.8, 4) is 10.8 Å². The maximum atomic E-state index is 12.6. The van der Waals surface area contributed by atoms with E-state index in [1.807, 2.05) is 50.1 Å². The summed E-state index contributed by atoms with van der Waals surface area (Å²) in [7, 11) is 0. The van der Waals surface area contributed by atoms with Crippen molar-refractivity contribution in [2.24, 2.45) is 5.92 Å². The molecule has 3 rings (SSSR count). The van der Waals surface area contributed by atoms with E-state index in [4.69, 9.17) is 9.15 Å². The molecule has 7 nitrogen and oxygen atoms in total. The fourth-order valence-electron chi connectivity index (χ4n) is 3.25. The number of likely N-dealkylation sites (tertiary alicyclic amines) is 1. The summed E-state index contributed by atoms with van der Waals surface area (Å²) in [5.41, 5.74) is 0.281. The lowest BCUT2D eigenvalue weighted by Gasteiger charge is -2.32. The van der Waals surface area contributed by atoms with E-state index >= 15 is 0 Å². The van der Waals surface area contributed by atoms with Crippen LogP contribution >= 0.6 is 11.3 Å². The quantitative estimate of drug-likeness (QED) is 0.791. The summed E-state index contributed by atoms with van der Waals surface area (Å²) in [6.45, 7) is 9.41. The number of rotatable bonds is 5. The summed E-state index contributed by atoms with van der Waals surface area (Å²) >= 11 is 1.49. The molecule has 2 amide bonds. The van der Waals surface area contributed by atoms with E-state index in [1.165, 1.54) is 11.3 Å². The molecule has 0 atom stereocenters. The van der Waals surface area contributed by atoms with Crippen molar-refractivity contribution in [3.63, 3.8) is 0 Å². The van der Waals surface area contributed by atoms with Gasteiger partial charge >= 0.3 is 6.09 Å². The number of nitrogens with zero attached hydrogens (tertiary/aromatic N) is 2. The highest BCUT2D eigenvalue weighted by molar-refractivity contribution is 7.13. The predicted molar refractivity (Wildman–Crippen MR) is 112 cm³/mol. The molecule has 0 spiro atoms. The van der Waals surface area contributed by atoms with Crippen LogP contribution in [0.25, 0.3) is 10.8 Å². The molecule has 2 aromatic heterocycles. The number of nitrogens with one attached hydrogen (secondary N) is 1. The molecule has 1 saturated heterocycles. The molecule has 2 aromatic rings. The highest BCUT2D eigenvalue weighted by Crippen LogP contribution is 2.26. The fraction of sp³-hybridized carbons (Fsp3) is 0.571. The maximum absolute atomic E-state index is 12.6. The average Bonchev–Trinajstić information content (AvgIpc) is 3.28. The third-order valence-corrected chi connectivity index (χ3v) is 5.64. The molecule has 29 heavy (non-hydrogen) atoms. The Kier molecular flexibility index (Phi) is 6.62. The van der Waals surface area contributed by atoms with Gasteiger partial charge in [0.05, 0.1) is 12.1 Å². The largest absolute Gasteiger partial charge is 0.459 e. The zero-order valence-electron chi connectivity index (χ0n) is 17.5. The maximum Gasteiger partial charge on any atom is 0.407 e. The number of amides is 2. The molecule has 8 heteroatoms. The Labute approximate surface area is 175 Å². The van der Waals surface area contributed by atoms with Gasteiger partial charge in [0.1, 0.15) is 11.4 Å². The van der Waals surface area contributed by atoms with Gasteiger partial charge < -0.3 is 19.4 Å². The van der Waals surface area contributed by atoms with E-state index in [0.29, 0.717) is 32.0 Å². The van der Waals surface area contributed by atoms with Crippen LogP contribution in [-0.4, -0.2) is 47.1 Å². The van der Waals surface area contributed by atoms with Crippen LogP contribution < -0.4 is 5.32 Å². The second-order valence-corrected chi connectivity index (χ2v) is 9.30. The van der Waals surface area contributed by atoms with E-state index in [-0.39, 0.29) is 12.0 Å². The number of aromatic nitrogens is 1. The molecular weight excluding hydrogens is 390 g/mol. The van der Waals surface area contributed by atoms with Gasteiger partial charge in [0.25, 0.3) is 0 Å². The number of carbonyl (C=O) groups is 2. The summed E-state index contributed by atoms with van der Waals surface area (Å²) in [6, 6.07) is 3.80. The monoisotopic (exact) mass is 419 g/mol. The minimum absolute atomic E-state index is 0.0935. The van der Waals surface area contributed by atoms with Crippen LogP contribution in [-0.2, 0) is 16.0 Å². The molecule has 158 valence electrons. The van der Waals surface area contributed by atoms with E-state index in [2.05, 4.69) is 10.3 Å². The molecule has 0 unspecified atom stereocenters. The van der Waals surface area contributed by atoms with Gasteiger partial charge in [-0.2, -0.15) is 0 Å². The Morgan fingerprint density at radius 3 is 2.66 bits per heavy atom. The number of thiazole rings is 1. The lowest BCUT2D eigenvalue weighted by molar-refractivity contribution is -0.131. The van der Waals surface area contributed by atoms with Crippen molar-refractivity contribution >= 4 is 23.3 Å². The van der Waals surface area contributed by atoms with Crippen LogP contribution in [0.15, 0.2) is 21.9 Å². The van der Waals surface area contributed by atoms with Gasteiger partial charge in [0.2, 0.25) is 5.91 Å². The summed E-state index contributed by atoms with van der Waals surface area (Å²) in [6.07, 6.45) is 1.66. The van der Waals surface area contributed by atoms with Gasteiger partial charge in [-0.25, -0.2) is 9.78 Å². The number of alkyl carbamates (subject to hydrolysis) is 1. The first-order valence-corrected chi connectivity index (χ1v) is 10.8. The summed E-state index contributed by atoms with van der Waals surface area (Å²) in [4.78, 5) is 30.8. The molecule has 3 heterocycles. The summed E-state index contributed by atoms with van der Waals surface area (Å²) in [5, 5.41) is 5.55. The molecule has 0 saturated carbocycles. The van der Waals surface area contributed by atoms with Crippen LogP contribution in [0.5, 0.6) is 0 Å². The minimum atomic E-state index is -0.495. The fourth-order valence-corrected chi connectivity index (χ4v) is 4.03. The third-order valence-electron chi connectivity index (χ3n) is 4.74. The van der Waals surface area contributed by atoms with Crippen LogP contribution in [0, 0.1) is 12.8 Å². The van der Waals surface area contributed by atoms with Crippen LogP contribution in [0.4, 0.5) is 4.79 Å². The zero-order valence-corrected chi connectivity index (χ0v) is 18.3. The SMILES string of the molecule is Cc1ccc(-c2nc(CC(=O)N3CCC(CNC(=O)OC(C)(C)C)CC3)cs2)o1. The normalized spacial score (nSPS) is 15.4. The van der Waals surface area contributed by atoms with Gasteiger partial charge in [-0.3, -0.25) is 4.79 Å². The number of hydrogen-bond donors (Lipinski definition) is 1. The number of piperidine rings is 1. The highest BCUT2D eigenvalue weighted by Gasteiger charge is 2.24. The molecule has 1 aliphatic rings. The van der Waals surface area contributed by atoms with Gasteiger partial charge in [-0.1, -0.05) is 0 Å². The smallest absolute Gasteiger partial charge is 0.407 e. The second-order valence-electron chi connectivity index (χ2n) is 8.44. The molecule has 0 radical (unpaired) electrons. The Bertz CT molecular complexity index is 844. The topological polar surface area (TPSA) is 84.7 Å². The van der Waals surface area contributed by atoms with Crippen molar-refractivity contribution in [3.05, 3.63) is 29.0 Å². The Balaban J connectivity index is 1.42. The molecule has 1 N–H and O–H groups in total. The van der Waals surface area contributed by atoms with Crippen molar-refractivity contribution in [2.45, 2.75) is 52.6 Å². The number of hydrogen-bond acceptors (Lipinski definition) is 6. The van der Waals surface area contributed by atoms with Gasteiger partial charge in [0, 0.05) is 25.0 Å². The number of ether oxygens (including phenoxy) is 1. The summed E-state index contributed by atoms with van der Waals surface area (Å²) < 4.78 is 10.9. The van der Waals surface area contributed by atoms with E-state index < -0.39 is 5.60 Å². The zero-order chi connectivity index (χ0) is 21.0. The lowest BCUT2D eigenvalue weighted by atomic mass is 9.96. The Morgan fingerprint density at radius 1 is 1.31 bits per heavy atom.